The molecule has 4 rings (SSSR count). The number of fused-ring (bicyclic) bond motifs is 1. The molecule has 0 bridgehead atoms. The Morgan fingerprint density at radius 1 is 1.14 bits per heavy atom. The third-order valence-corrected chi connectivity index (χ3v) is 23.5. The Balaban J connectivity index is 1.87. The Labute approximate surface area is 213 Å². The normalized spacial score (nSPS) is 22.8. The van der Waals surface area contributed by atoms with Crippen molar-refractivity contribution < 1.29 is 9.18 Å². The number of halogens is 1. The number of anilines is 1. The van der Waals surface area contributed by atoms with Crippen molar-refractivity contribution in [2.75, 3.05) is 11.4 Å². The Hall–Kier alpha value is -1.69. The topological polar surface area (TPSA) is 74.3 Å². The van der Waals surface area contributed by atoms with Crippen molar-refractivity contribution in [1.29, 1.82) is 5.26 Å². The monoisotopic (exact) mass is 589 g/mol. The summed E-state index contributed by atoms with van der Waals surface area (Å²) in [5, 5.41) is 14.5. The van der Waals surface area contributed by atoms with E-state index < -0.39 is 29.6 Å². The van der Waals surface area contributed by atoms with E-state index in [2.05, 4.69) is 31.9 Å². The summed E-state index contributed by atoms with van der Waals surface area (Å²) < 4.78 is 21.5. The van der Waals surface area contributed by atoms with Crippen molar-refractivity contribution >= 4 is 39.3 Å². The molecule has 190 valence electrons. The van der Waals surface area contributed by atoms with E-state index >= 15 is 4.39 Å². The molecule has 2 atom stereocenters. The van der Waals surface area contributed by atoms with E-state index in [-0.39, 0.29) is 23.3 Å². The molecular formula is C27H40FN5OSn. The number of nitrogens with zero attached hydrogens (tertiary/aromatic N) is 5. The molecule has 1 amide bonds. The van der Waals surface area contributed by atoms with E-state index in [1.807, 2.05) is 13.1 Å². The molecule has 0 N–H and O–H groups in total. The minimum absolute atomic E-state index is 0.103. The Morgan fingerprint density at radius 2 is 1.74 bits per heavy atom. The van der Waals surface area contributed by atoms with Gasteiger partial charge in [0.1, 0.15) is 0 Å². The van der Waals surface area contributed by atoms with Crippen molar-refractivity contribution in [2.24, 2.45) is 17.3 Å². The van der Waals surface area contributed by atoms with Crippen LogP contribution in [0.25, 0.3) is 5.52 Å². The third kappa shape index (κ3) is 4.60. The number of amides is 1. The number of carbonyl (C=O) groups is 1. The van der Waals surface area contributed by atoms with Gasteiger partial charge in [0.15, 0.2) is 0 Å². The summed E-state index contributed by atoms with van der Waals surface area (Å²) in [4.78, 5) is 20.7. The van der Waals surface area contributed by atoms with E-state index in [9.17, 15) is 10.1 Å². The van der Waals surface area contributed by atoms with Crippen molar-refractivity contribution in [1.82, 2.24) is 14.6 Å². The molecule has 1 aliphatic heterocycles. The second-order valence-corrected chi connectivity index (χ2v) is 23.9. The van der Waals surface area contributed by atoms with Crippen LogP contribution in [-0.2, 0) is 4.79 Å². The van der Waals surface area contributed by atoms with Crippen LogP contribution in [-0.4, -0.2) is 45.4 Å². The van der Waals surface area contributed by atoms with Gasteiger partial charge in [-0.2, -0.15) is 0 Å². The van der Waals surface area contributed by atoms with Gasteiger partial charge < -0.3 is 0 Å². The fourth-order valence-electron chi connectivity index (χ4n) is 6.19. The molecule has 1 saturated carbocycles. The molecule has 2 aliphatic rings. The molecule has 2 aromatic rings. The summed E-state index contributed by atoms with van der Waals surface area (Å²) in [6.45, 7) is 9.11. The summed E-state index contributed by atoms with van der Waals surface area (Å²) in [5.41, 5.74) is -0.751. The van der Waals surface area contributed by atoms with E-state index in [1.54, 1.807) is 9.42 Å². The zero-order chi connectivity index (χ0) is 25.2. The number of nitriles is 1. The number of rotatable bonds is 12. The van der Waals surface area contributed by atoms with Gasteiger partial charge in [0.2, 0.25) is 0 Å². The molecular weight excluding hydrogens is 548 g/mol. The minimum atomic E-state index is -2.98. The van der Waals surface area contributed by atoms with Gasteiger partial charge in [-0.1, -0.05) is 0 Å². The first-order valence-corrected chi connectivity index (χ1v) is 21.1. The van der Waals surface area contributed by atoms with Crippen LogP contribution in [0.4, 0.5) is 10.2 Å². The molecule has 0 spiro atoms. The van der Waals surface area contributed by atoms with Crippen molar-refractivity contribution in [3.05, 3.63) is 18.2 Å². The predicted octanol–water partition coefficient (Wildman–Crippen LogP) is 5.83. The van der Waals surface area contributed by atoms with Crippen molar-refractivity contribution in [2.45, 2.75) is 92.4 Å². The number of aromatic nitrogens is 3. The summed E-state index contributed by atoms with van der Waals surface area (Å²) in [6.07, 6.45) is 12.0. The van der Waals surface area contributed by atoms with Crippen LogP contribution in [0.5, 0.6) is 0 Å². The fourth-order valence-corrected chi connectivity index (χ4v) is 21.5. The molecule has 0 unspecified atom stereocenters. The van der Waals surface area contributed by atoms with Gasteiger partial charge in [-0.05, 0) is 0 Å². The van der Waals surface area contributed by atoms with Gasteiger partial charge in [-0.25, -0.2) is 0 Å². The SMILES string of the molecule is CCC[CH2][Sn]([CH2]CCC)([CH2]CCC)[c]1cn2ncc(F)c2c(N2C[C@@H](C)[C@@](C#N)(C3CC3)C2=O)n1. The molecule has 6 nitrogen and oxygen atoms in total. The summed E-state index contributed by atoms with van der Waals surface area (Å²) in [7, 11) is 0. The van der Waals surface area contributed by atoms with E-state index in [1.165, 1.54) is 38.8 Å². The van der Waals surface area contributed by atoms with Crippen molar-refractivity contribution in [3.63, 3.8) is 0 Å². The average Bonchev–Trinajstić information content (AvgIpc) is 3.59. The maximum atomic E-state index is 15.1. The van der Waals surface area contributed by atoms with Gasteiger partial charge in [-0.3, -0.25) is 0 Å². The fraction of sp³-hybridized carbons (Fsp3) is 0.704. The van der Waals surface area contributed by atoms with Gasteiger partial charge in [0.05, 0.1) is 0 Å². The van der Waals surface area contributed by atoms with Crippen LogP contribution >= 0.6 is 0 Å². The number of unbranched alkanes of at least 4 members (excludes halogenated alkanes) is 3. The summed E-state index contributed by atoms with van der Waals surface area (Å²) >= 11 is -2.98. The molecule has 1 aliphatic carbocycles. The summed E-state index contributed by atoms with van der Waals surface area (Å²) in [6, 6.07) is 2.40. The second kappa shape index (κ2) is 10.7. The van der Waals surface area contributed by atoms with Crippen LogP contribution in [0.2, 0.25) is 13.3 Å². The molecule has 0 aromatic carbocycles. The van der Waals surface area contributed by atoms with Crippen LogP contribution in [0.3, 0.4) is 0 Å². The average molecular weight is 588 g/mol. The van der Waals surface area contributed by atoms with Crippen LogP contribution < -0.4 is 8.61 Å². The first-order valence-electron chi connectivity index (χ1n) is 13.7. The number of hydrogen-bond donors (Lipinski definition) is 0. The summed E-state index contributed by atoms with van der Waals surface area (Å²) in [5.74, 6) is -0.281. The van der Waals surface area contributed by atoms with Gasteiger partial charge >= 0.3 is 214 Å². The third-order valence-electron chi connectivity index (χ3n) is 8.50. The van der Waals surface area contributed by atoms with Gasteiger partial charge in [0.25, 0.3) is 0 Å². The molecule has 1 saturated heterocycles. The van der Waals surface area contributed by atoms with Crippen LogP contribution in [0.1, 0.15) is 79.1 Å². The molecule has 3 heterocycles. The van der Waals surface area contributed by atoms with E-state index in [4.69, 9.17) is 4.98 Å². The Kier molecular flexibility index (Phi) is 8.09. The molecule has 35 heavy (non-hydrogen) atoms. The van der Waals surface area contributed by atoms with Gasteiger partial charge in [0, 0.05) is 0 Å². The number of carbonyl (C=O) groups excluding carboxylic acids is 1. The van der Waals surface area contributed by atoms with E-state index in [0.717, 1.165) is 35.8 Å². The van der Waals surface area contributed by atoms with Crippen molar-refractivity contribution in [3.8, 4) is 6.07 Å². The van der Waals surface area contributed by atoms with E-state index in [0.29, 0.717) is 12.4 Å². The zero-order valence-electron chi connectivity index (χ0n) is 21.8. The molecule has 2 aromatic heterocycles. The molecule has 8 heteroatoms. The Bertz CT molecular complexity index is 1090. The Morgan fingerprint density at radius 3 is 2.26 bits per heavy atom. The quantitative estimate of drug-likeness (QED) is 0.293. The number of hydrogen-bond acceptors (Lipinski definition) is 4. The molecule has 2 fully saturated rings. The zero-order valence-corrected chi connectivity index (χ0v) is 24.7. The molecule has 0 radical (unpaired) electrons. The predicted molar refractivity (Wildman–Crippen MR) is 140 cm³/mol. The van der Waals surface area contributed by atoms with Crippen LogP contribution in [0, 0.1) is 34.4 Å². The first-order chi connectivity index (χ1) is 16.9. The maximum absolute atomic E-state index is 15.1. The van der Waals surface area contributed by atoms with Gasteiger partial charge in [-0.15, -0.1) is 0 Å². The second-order valence-electron chi connectivity index (χ2n) is 10.9. The first kappa shape index (κ1) is 26.4. The standard InChI is InChI=1S/C15H13FN5O.3C4H9.Sn/c1-9-7-20(14(22)15(9,8-17)10-2-3-10)13-12-11(16)6-19-21(12)5-4-18-13;3*1-3-4-2;/h5-6,9-10H,2-3,7H2,1H3;3*1,3-4H2,2H3;/t9-,15+;;;;/m1..../s1. The van der Waals surface area contributed by atoms with Crippen LogP contribution in [0.15, 0.2) is 12.4 Å².